The number of hydrogen-bond acceptors (Lipinski definition) is 6. The van der Waals surface area contributed by atoms with E-state index in [4.69, 9.17) is 14.2 Å². The topological polar surface area (TPSA) is 58.4 Å². The van der Waals surface area contributed by atoms with Crippen LogP contribution in [0.5, 0.6) is 5.75 Å². The summed E-state index contributed by atoms with van der Waals surface area (Å²) in [6, 6.07) is 7.89. The lowest BCUT2D eigenvalue weighted by Gasteiger charge is -2.22. The number of nitrogens with zero attached hydrogens (tertiary/aromatic N) is 3. The summed E-state index contributed by atoms with van der Waals surface area (Å²) in [4.78, 5) is 0. The maximum absolute atomic E-state index is 5.77. The zero-order valence-electron chi connectivity index (χ0n) is 14.1. The molecule has 130 valence electrons. The summed E-state index contributed by atoms with van der Waals surface area (Å²) >= 11 is 1.64. The summed E-state index contributed by atoms with van der Waals surface area (Å²) in [5.74, 6) is 2.51. The molecule has 2 aromatic rings. The second-order valence-electron chi connectivity index (χ2n) is 5.58. The van der Waals surface area contributed by atoms with Gasteiger partial charge < -0.3 is 14.2 Å². The Kier molecular flexibility index (Phi) is 6.12. The smallest absolute Gasteiger partial charge is 0.195 e. The zero-order chi connectivity index (χ0) is 16.8. The third-order valence-corrected chi connectivity index (χ3v) is 4.78. The minimum atomic E-state index is -0.0412. The first-order chi connectivity index (χ1) is 11.8. The number of aryl methyl sites for hydroxylation is 1. The van der Waals surface area contributed by atoms with Crippen molar-refractivity contribution in [2.45, 2.75) is 37.6 Å². The Balaban J connectivity index is 1.57. The van der Waals surface area contributed by atoms with Crippen LogP contribution in [0.15, 0.2) is 29.4 Å². The van der Waals surface area contributed by atoms with Crippen molar-refractivity contribution in [3.8, 4) is 11.4 Å². The van der Waals surface area contributed by atoms with Gasteiger partial charge in [0.2, 0.25) is 0 Å². The number of hydrogen-bond donors (Lipinski definition) is 0. The molecule has 0 aliphatic carbocycles. The largest absolute Gasteiger partial charge is 0.497 e. The van der Waals surface area contributed by atoms with Gasteiger partial charge in [0.1, 0.15) is 11.6 Å². The summed E-state index contributed by atoms with van der Waals surface area (Å²) in [7, 11) is 1.66. The van der Waals surface area contributed by atoms with Crippen molar-refractivity contribution in [3.63, 3.8) is 0 Å². The van der Waals surface area contributed by atoms with E-state index in [-0.39, 0.29) is 6.29 Å². The highest BCUT2D eigenvalue weighted by molar-refractivity contribution is 7.99. The van der Waals surface area contributed by atoms with E-state index in [2.05, 4.69) is 10.2 Å². The van der Waals surface area contributed by atoms with Gasteiger partial charge in [0.15, 0.2) is 11.4 Å². The Morgan fingerprint density at radius 3 is 2.79 bits per heavy atom. The first kappa shape index (κ1) is 17.3. The van der Waals surface area contributed by atoms with Crippen molar-refractivity contribution < 1.29 is 14.2 Å². The van der Waals surface area contributed by atoms with Crippen molar-refractivity contribution in [1.82, 2.24) is 14.8 Å². The van der Waals surface area contributed by atoms with Crippen LogP contribution in [0.1, 0.15) is 25.1 Å². The van der Waals surface area contributed by atoms with Crippen LogP contribution >= 0.6 is 11.8 Å². The number of methoxy groups -OCH3 is 1. The Bertz CT molecular complexity index is 639. The van der Waals surface area contributed by atoms with Crippen LogP contribution in [0.4, 0.5) is 0 Å². The minimum Gasteiger partial charge on any atom is -0.497 e. The molecule has 0 spiro atoms. The van der Waals surface area contributed by atoms with Crippen LogP contribution in [0.25, 0.3) is 5.69 Å². The van der Waals surface area contributed by atoms with Crippen molar-refractivity contribution in [1.29, 1.82) is 0 Å². The van der Waals surface area contributed by atoms with Crippen molar-refractivity contribution in [2.24, 2.45) is 0 Å². The molecule has 1 aromatic carbocycles. The van der Waals surface area contributed by atoms with Gasteiger partial charge in [-0.3, -0.25) is 4.57 Å². The van der Waals surface area contributed by atoms with Gasteiger partial charge in [-0.25, -0.2) is 0 Å². The fraction of sp³-hybridized carbons (Fsp3) is 0.529. The molecule has 1 aliphatic rings. The van der Waals surface area contributed by atoms with E-state index in [1.165, 1.54) is 6.42 Å². The second kappa shape index (κ2) is 8.50. The number of ether oxygens (including phenoxy) is 3. The number of benzene rings is 1. The maximum Gasteiger partial charge on any atom is 0.195 e. The van der Waals surface area contributed by atoms with E-state index in [0.717, 1.165) is 47.6 Å². The summed E-state index contributed by atoms with van der Waals surface area (Å²) < 4.78 is 18.6. The van der Waals surface area contributed by atoms with Gasteiger partial charge in [0.25, 0.3) is 0 Å². The molecule has 1 fully saturated rings. The van der Waals surface area contributed by atoms with Gasteiger partial charge in [-0.2, -0.15) is 0 Å². The van der Waals surface area contributed by atoms with Gasteiger partial charge in [0.05, 0.1) is 13.7 Å². The Morgan fingerprint density at radius 1 is 1.25 bits per heavy atom. The summed E-state index contributed by atoms with van der Waals surface area (Å²) in [6.45, 7) is 3.40. The molecule has 0 N–H and O–H groups in total. The lowest BCUT2D eigenvalue weighted by molar-refractivity contribution is -0.158. The van der Waals surface area contributed by atoms with E-state index in [9.17, 15) is 0 Å². The normalized spacial score (nSPS) is 17.8. The molecular formula is C17H23N3O3S. The summed E-state index contributed by atoms with van der Waals surface area (Å²) in [5.41, 5.74) is 1.03. The van der Waals surface area contributed by atoms with Crippen LogP contribution in [0.2, 0.25) is 0 Å². The van der Waals surface area contributed by atoms with E-state index in [1.54, 1.807) is 18.9 Å². The summed E-state index contributed by atoms with van der Waals surface area (Å²) in [6.07, 6.45) is 3.27. The molecule has 1 saturated heterocycles. The molecular weight excluding hydrogens is 326 g/mol. The molecule has 24 heavy (non-hydrogen) atoms. The average molecular weight is 349 g/mol. The fourth-order valence-electron chi connectivity index (χ4n) is 2.62. The Morgan fingerprint density at radius 2 is 2.08 bits per heavy atom. The van der Waals surface area contributed by atoms with Crippen LogP contribution in [0.3, 0.4) is 0 Å². The molecule has 0 amide bonds. The zero-order valence-corrected chi connectivity index (χ0v) is 14.9. The van der Waals surface area contributed by atoms with Crippen LogP contribution in [0, 0.1) is 6.92 Å². The first-order valence-corrected chi connectivity index (χ1v) is 9.19. The molecule has 1 aliphatic heterocycles. The fourth-order valence-corrected chi connectivity index (χ4v) is 3.45. The van der Waals surface area contributed by atoms with Crippen molar-refractivity contribution in [3.05, 3.63) is 30.1 Å². The highest BCUT2D eigenvalue weighted by atomic mass is 32.2. The molecule has 0 radical (unpaired) electrons. The standard InChI is InChI=1S/C17H23N3O3S/c1-13-18-19-17(20(13)14-6-8-15(21-2)9-7-14)24-12-11-23-16-5-3-4-10-22-16/h6-9,16H,3-5,10-12H2,1-2H3/t16-/m0/s1. The lowest BCUT2D eigenvalue weighted by Crippen LogP contribution is -2.23. The monoisotopic (exact) mass is 349 g/mol. The van der Waals surface area contributed by atoms with Crippen molar-refractivity contribution in [2.75, 3.05) is 26.1 Å². The van der Waals surface area contributed by atoms with Crippen molar-refractivity contribution >= 4 is 11.8 Å². The first-order valence-electron chi connectivity index (χ1n) is 8.20. The van der Waals surface area contributed by atoms with Gasteiger partial charge in [-0.1, -0.05) is 11.8 Å². The second-order valence-corrected chi connectivity index (χ2v) is 6.64. The SMILES string of the molecule is COc1ccc(-n2c(C)nnc2SCCO[C@H]2CCCCO2)cc1. The molecule has 0 saturated carbocycles. The number of rotatable bonds is 7. The molecule has 0 bridgehead atoms. The maximum atomic E-state index is 5.77. The third-order valence-electron chi connectivity index (χ3n) is 3.88. The van der Waals surface area contributed by atoms with E-state index in [0.29, 0.717) is 6.61 Å². The van der Waals surface area contributed by atoms with E-state index < -0.39 is 0 Å². The minimum absolute atomic E-state index is 0.0412. The highest BCUT2D eigenvalue weighted by Gasteiger charge is 2.15. The predicted octanol–water partition coefficient (Wildman–Crippen LogP) is 3.22. The quantitative estimate of drug-likeness (QED) is 0.565. The van der Waals surface area contributed by atoms with Gasteiger partial charge in [-0.05, 0) is 50.5 Å². The molecule has 3 rings (SSSR count). The van der Waals surface area contributed by atoms with Gasteiger partial charge in [0, 0.05) is 18.0 Å². The van der Waals surface area contributed by atoms with Crippen LogP contribution < -0.4 is 4.74 Å². The Labute approximate surface area is 146 Å². The molecule has 6 nitrogen and oxygen atoms in total. The number of thioether (sulfide) groups is 1. The van der Waals surface area contributed by atoms with Gasteiger partial charge in [-0.15, -0.1) is 10.2 Å². The lowest BCUT2D eigenvalue weighted by atomic mass is 10.2. The third kappa shape index (κ3) is 4.28. The number of aromatic nitrogens is 3. The summed E-state index contributed by atoms with van der Waals surface area (Å²) in [5, 5.41) is 9.34. The van der Waals surface area contributed by atoms with E-state index in [1.807, 2.05) is 35.8 Å². The molecule has 1 aromatic heterocycles. The van der Waals surface area contributed by atoms with E-state index >= 15 is 0 Å². The van der Waals surface area contributed by atoms with Crippen LogP contribution in [-0.2, 0) is 9.47 Å². The Hall–Kier alpha value is -1.57. The molecule has 0 unspecified atom stereocenters. The molecule has 7 heteroatoms. The average Bonchev–Trinajstić information content (AvgIpc) is 3.00. The van der Waals surface area contributed by atoms with Gasteiger partial charge >= 0.3 is 0 Å². The molecule has 2 heterocycles. The van der Waals surface area contributed by atoms with Crippen LogP contribution in [-0.4, -0.2) is 47.1 Å². The molecule has 1 atom stereocenters. The predicted molar refractivity (Wildman–Crippen MR) is 92.9 cm³/mol. The highest BCUT2D eigenvalue weighted by Crippen LogP contribution is 2.23.